The summed E-state index contributed by atoms with van der Waals surface area (Å²) in [4.78, 5) is 11.5. The number of hydrogen-bond acceptors (Lipinski definition) is 8. The van der Waals surface area contributed by atoms with E-state index in [1.54, 1.807) is 6.92 Å². The van der Waals surface area contributed by atoms with Crippen molar-refractivity contribution in [3.63, 3.8) is 0 Å². The zero-order valence-corrected chi connectivity index (χ0v) is 30.7. The predicted octanol–water partition coefficient (Wildman–Crippen LogP) is 5.59. The third kappa shape index (κ3) is 20.0. The van der Waals surface area contributed by atoms with Crippen molar-refractivity contribution < 1.29 is 34.8 Å². The first-order valence-electron chi connectivity index (χ1n) is 12.4. The minimum Gasteiger partial charge on any atom is -0.460 e. The van der Waals surface area contributed by atoms with Crippen LogP contribution < -0.4 is 0 Å². The number of carbonyl (C=O) groups is 1. The molecule has 0 aliphatic carbocycles. The van der Waals surface area contributed by atoms with Crippen molar-refractivity contribution in [3.05, 3.63) is 12.2 Å². The lowest BCUT2D eigenvalue weighted by molar-refractivity contribution is -0.140. The number of carbonyl (C=O) groups excluding carboxylic acids is 1. The maximum atomic E-state index is 11.5. The molecule has 0 saturated heterocycles. The smallest absolute Gasteiger partial charge is 0.460 e. The van der Waals surface area contributed by atoms with Crippen LogP contribution in [0.15, 0.2) is 12.2 Å². The molecule has 35 heavy (non-hydrogen) atoms. The van der Waals surface area contributed by atoms with Crippen molar-refractivity contribution >= 4 is 57.6 Å². The molecule has 0 amide bonds. The molecule has 0 aromatic rings. The molecule has 0 bridgehead atoms. The number of esters is 1. The first kappa shape index (κ1) is 35.3. The van der Waals surface area contributed by atoms with Gasteiger partial charge < -0.3 is 30.0 Å². The molecule has 0 aromatic heterocycles. The Bertz CT molecular complexity index is 633. The van der Waals surface area contributed by atoms with Gasteiger partial charge in [-0.2, -0.15) is 0 Å². The molecule has 0 aromatic carbocycles. The average molecular weight is 601 g/mol. The SMILES string of the molecule is C=C(C)C(=O)OCCOCCC[Si](O[SiH](O[Si](C)(C)C)O[Si](C)(C)C)(O[Si](C)(C)C)O[Si](C)(C)C. The van der Waals surface area contributed by atoms with Crippen molar-refractivity contribution in [2.75, 3.05) is 19.8 Å². The molecule has 0 atom stereocenters. The summed E-state index contributed by atoms with van der Waals surface area (Å²) in [6.45, 7) is 32.1. The second kappa shape index (κ2) is 14.4. The van der Waals surface area contributed by atoms with Gasteiger partial charge in [-0.1, -0.05) is 6.58 Å². The Hall–Kier alpha value is 0.271. The van der Waals surface area contributed by atoms with Crippen LogP contribution in [-0.4, -0.2) is 77.4 Å². The Morgan fingerprint density at radius 1 is 0.686 bits per heavy atom. The highest BCUT2D eigenvalue weighted by molar-refractivity contribution is 6.89. The molecule has 0 N–H and O–H groups in total. The van der Waals surface area contributed by atoms with E-state index in [2.05, 4.69) is 85.1 Å². The molecule has 8 nitrogen and oxygen atoms in total. The molecule has 208 valence electrons. The standard InChI is InChI=1S/C21H52O8Si6/c1-20(2)21(22)24-18-17-23-16-15-19-35(28-33(9,10)11,29-34(12,13)14)27-30(25-31(3,4)5)26-32(6,7)8/h30H,1,15-19H2,2-14H3. The molecular formula is C21H52O8Si6. The van der Waals surface area contributed by atoms with Gasteiger partial charge in [0.1, 0.15) is 6.61 Å². The van der Waals surface area contributed by atoms with Crippen LogP contribution in [0.5, 0.6) is 0 Å². The van der Waals surface area contributed by atoms with E-state index in [0.29, 0.717) is 31.3 Å². The number of ether oxygens (including phenoxy) is 2. The van der Waals surface area contributed by atoms with Gasteiger partial charge in [0.15, 0.2) is 33.3 Å². The molecular weight excluding hydrogens is 549 g/mol. The van der Waals surface area contributed by atoms with E-state index in [0.717, 1.165) is 0 Å². The van der Waals surface area contributed by atoms with E-state index in [9.17, 15) is 4.79 Å². The van der Waals surface area contributed by atoms with E-state index in [4.69, 9.17) is 30.0 Å². The zero-order valence-electron chi connectivity index (χ0n) is 24.6. The number of hydrogen-bond donors (Lipinski definition) is 0. The van der Waals surface area contributed by atoms with E-state index in [1.807, 2.05) is 0 Å². The molecule has 0 spiro atoms. The van der Waals surface area contributed by atoms with Crippen LogP contribution >= 0.6 is 0 Å². The Balaban J connectivity index is 5.60. The monoisotopic (exact) mass is 600 g/mol. The molecule has 0 fully saturated rings. The zero-order chi connectivity index (χ0) is 27.7. The van der Waals surface area contributed by atoms with Crippen LogP contribution in [0.3, 0.4) is 0 Å². The van der Waals surface area contributed by atoms with Gasteiger partial charge in [-0.05, 0) is 91.9 Å². The van der Waals surface area contributed by atoms with Gasteiger partial charge in [0.25, 0.3) is 0 Å². The van der Waals surface area contributed by atoms with Crippen LogP contribution in [0.4, 0.5) is 0 Å². The summed E-state index contributed by atoms with van der Waals surface area (Å²) < 4.78 is 44.2. The molecule has 0 rings (SSSR count). The summed E-state index contributed by atoms with van der Waals surface area (Å²) in [5.74, 6) is -0.402. The van der Waals surface area contributed by atoms with E-state index < -0.39 is 57.6 Å². The lowest BCUT2D eigenvalue weighted by Crippen LogP contribution is -2.61. The molecule has 14 heteroatoms. The number of rotatable bonds is 18. The third-order valence-electron chi connectivity index (χ3n) is 3.68. The lowest BCUT2D eigenvalue weighted by Gasteiger charge is -2.42. The summed E-state index contributed by atoms with van der Waals surface area (Å²) in [6, 6.07) is 0.626. The van der Waals surface area contributed by atoms with Crippen LogP contribution in [0.25, 0.3) is 0 Å². The van der Waals surface area contributed by atoms with E-state index in [-0.39, 0.29) is 6.61 Å². The molecule has 0 heterocycles. The first-order chi connectivity index (χ1) is 15.5. The van der Waals surface area contributed by atoms with Gasteiger partial charge in [-0.3, -0.25) is 0 Å². The van der Waals surface area contributed by atoms with Gasteiger partial charge in [0.2, 0.25) is 0 Å². The summed E-state index contributed by atoms with van der Waals surface area (Å²) in [6.07, 6.45) is 0.705. The minimum atomic E-state index is -3.13. The van der Waals surface area contributed by atoms with Crippen molar-refractivity contribution in [1.29, 1.82) is 0 Å². The minimum absolute atomic E-state index is 0.199. The molecule has 0 aliphatic heterocycles. The maximum Gasteiger partial charge on any atom is 0.472 e. The van der Waals surface area contributed by atoms with Crippen molar-refractivity contribution in [3.8, 4) is 0 Å². The Morgan fingerprint density at radius 2 is 1.14 bits per heavy atom. The lowest BCUT2D eigenvalue weighted by atomic mass is 10.4. The third-order valence-corrected chi connectivity index (χ3v) is 21.4. The van der Waals surface area contributed by atoms with Gasteiger partial charge in [0.05, 0.1) is 6.61 Å². The molecule has 0 aliphatic rings. The summed E-state index contributed by atoms with van der Waals surface area (Å²) in [5, 5.41) is 0. The highest BCUT2D eigenvalue weighted by atomic mass is 28.5. The fraction of sp³-hybridized carbons (Fsp3) is 0.857. The van der Waals surface area contributed by atoms with Crippen LogP contribution in [-0.2, 0) is 34.8 Å². The van der Waals surface area contributed by atoms with Crippen molar-refractivity contribution in [1.82, 2.24) is 0 Å². The fourth-order valence-corrected chi connectivity index (χ4v) is 21.6. The Morgan fingerprint density at radius 3 is 1.51 bits per heavy atom. The van der Waals surface area contributed by atoms with E-state index in [1.165, 1.54) is 0 Å². The average Bonchev–Trinajstić information content (AvgIpc) is 2.54. The molecule has 0 unspecified atom stereocenters. The normalized spacial score (nSPS) is 13.9. The second-order valence-electron chi connectivity index (χ2n) is 12.6. The van der Waals surface area contributed by atoms with E-state index >= 15 is 0 Å². The Kier molecular flexibility index (Phi) is 14.5. The summed E-state index contributed by atoms with van der Waals surface area (Å²) in [7, 11) is -13.5. The molecule has 0 saturated carbocycles. The highest BCUT2D eigenvalue weighted by Gasteiger charge is 2.50. The van der Waals surface area contributed by atoms with Gasteiger partial charge >= 0.3 is 24.3 Å². The van der Waals surface area contributed by atoms with Crippen LogP contribution in [0, 0.1) is 0 Å². The predicted molar refractivity (Wildman–Crippen MR) is 158 cm³/mol. The van der Waals surface area contributed by atoms with Crippen molar-refractivity contribution in [2.24, 2.45) is 0 Å². The topological polar surface area (TPSA) is 81.7 Å². The maximum absolute atomic E-state index is 11.5. The molecule has 0 radical (unpaired) electrons. The summed E-state index contributed by atoms with van der Waals surface area (Å²) >= 11 is 0. The Labute approximate surface area is 221 Å². The first-order valence-corrected chi connectivity index (χ1v) is 29.3. The van der Waals surface area contributed by atoms with Gasteiger partial charge in [-0.25, -0.2) is 4.79 Å². The van der Waals surface area contributed by atoms with Gasteiger partial charge in [-0.15, -0.1) is 0 Å². The van der Waals surface area contributed by atoms with Crippen molar-refractivity contribution in [2.45, 2.75) is 98.0 Å². The highest BCUT2D eigenvalue weighted by Crippen LogP contribution is 2.29. The van der Waals surface area contributed by atoms with Crippen LogP contribution in [0.1, 0.15) is 13.3 Å². The van der Waals surface area contributed by atoms with Gasteiger partial charge in [0, 0.05) is 18.2 Å². The quantitative estimate of drug-likeness (QED) is 0.0871. The fourth-order valence-electron chi connectivity index (χ4n) is 2.77. The second-order valence-corrected chi connectivity index (χ2v) is 36.4. The van der Waals surface area contributed by atoms with Crippen LogP contribution in [0.2, 0.25) is 84.6 Å². The largest absolute Gasteiger partial charge is 0.472 e. The summed E-state index contributed by atoms with van der Waals surface area (Å²) in [5.41, 5.74) is 0.379.